The second-order valence-electron chi connectivity index (χ2n) is 6.61. The molecule has 1 aliphatic heterocycles. The van der Waals surface area contributed by atoms with Gasteiger partial charge in [-0.05, 0) is 29.6 Å². The molecule has 0 aliphatic carbocycles. The number of benzene rings is 1. The summed E-state index contributed by atoms with van der Waals surface area (Å²) in [6.45, 7) is 1.26. The van der Waals surface area contributed by atoms with Crippen molar-refractivity contribution < 1.29 is 23.3 Å². The Bertz CT molecular complexity index is 955. The van der Waals surface area contributed by atoms with Crippen LogP contribution in [0, 0.1) is 0 Å². The van der Waals surface area contributed by atoms with Crippen LogP contribution in [0.1, 0.15) is 25.3 Å². The molecule has 0 radical (unpaired) electrons. The van der Waals surface area contributed by atoms with E-state index in [1.54, 1.807) is 6.20 Å². The predicted molar refractivity (Wildman–Crippen MR) is 101 cm³/mol. The molecule has 0 unspecified atom stereocenters. The lowest BCUT2D eigenvalue weighted by molar-refractivity contribution is -0.132. The molecule has 0 saturated carbocycles. The van der Waals surface area contributed by atoms with Crippen LogP contribution >= 0.6 is 11.5 Å². The highest BCUT2D eigenvalue weighted by molar-refractivity contribution is 7.92. The molecule has 1 aliphatic rings. The van der Waals surface area contributed by atoms with E-state index in [9.17, 15) is 13.2 Å². The van der Waals surface area contributed by atoms with Crippen molar-refractivity contribution in [2.75, 3.05) is 6.26 Å². The first-order valence-corrected chi connectivity index (χ1v) is 10.8. The number of amides is 1. The summed E-state index contributed by atoms with van der Waals surface area (Å²) in [6, 6.07) is 7.73. The van der Waals surface area contributed by atoms with Gasteiger partial charge in [-0.2, -0.15) is 0 Å². The van der Waals surface area contributed by atoms with Crippen LogP contribution in [0.15, 0.2) is 41.0 Å². The second-order valence-corrected chi connectivity index (χ2v) is 9.71. The average molecular weight is 409 g/mol. The molecule has 1 aromatic heterocycles. The zero-order chi connectivity index (χ0) is 19.7. The smallest absolute Gasteiger partial charge is 0.264 e. The van der Waals surface area contributed by atoms with Crippen molar-refractivity contribution in [2.24, 2.45) is 5.16 Å². The number of hydrogen-bond acceptors (Lipinski definition) is 8. The Morgan fingerprint density at radius 1 is 1.33 bits per heavy atom. The fourth-order valence-electron chi connectivity index (χ4n) is 2.88. The first-order chi connectivity index (χ1) is 12.7. The molecule has 2 N–H and O–H groups in total. The van der Waals surface area contributed by atoms with Gasteiger partial charge >= 0.3 is 0 Å². The van der Waals surface area contributed by atoms with Crippen LogP contribution in [0.3, 0.4) is 0 Å². The topological polar surface area (TPSA) is 118 Å². The molecule has 2 atom stereocenters. The second kappa shape index (κ2) is 7.37. The lowest BCUT2D eigenvalue weighted by Gasteiger charge is -2.26. The van der Waals surface area contributed by atoms with E-state index in [2.05, 4.69) is 9.53 Å². The molecule has 1 aromatic carbocycles. The number of hydroxylamine groups is 1. The van der Waals surface area contributed by atoms with E-state index in [1.807, 2.05) is 29.6 Å². The molecule has 0 spiro atoms. The van der Waals surface area contributed by atoms with E-state index in [4.69, 9.17) is 10.0 Å². The lowest BCUT2D eigenvalue weighted by atomic mass is 9.96. The molecule has 10 heteroatoms. The highest BCUT2D eigenvalue weighted by Crippen LogP contribution is 2.30. The van der Waals surface area contributed by atoms with Crippen molar-refractivity contribution in [2.45, 2.75) is 30.6 Å². The van der Waals surface area contributed by atoms with Crippen LogP contribution in [0.25, 0.3) is 11.1 Å². The summed E-state index contributed by atoms with van der Waals surface area (Å²) < 4.78 is 26.4. The Labute approximate surface area is 160 Å². The van der Waals surface area contributed by atoms with Gasteiger partial charge in [0.15, 0.2) is 14.6 Å². The van der Waals surface area contributed by atoms with Gasteiger partial charge < -0.3 is 4.84 Å². The third-order valence-corrected chi connectivity index (χ3v) is 7.31. The van der Waals surface area contributed by atoms with Crippen LogP contribution < -0.4 is 5.48 Å². The van der Waals surface area contributed by atoms with E-state index in [1.165, 1.54) is 23.9 Å². The van der Waals surface area contributed by atoms with Crippen molar-refractivity contribution in [3.05, 3.63) is 41.4 Å². The maximum Gasteiger partial charge on any atom is 0.264 e. The number of oxime groups is 1. The van der Waals surface area contributed by atoms with E-state index in [0.717, 1.165) is 22.9 Å². The fourth-order valence-corrected chi connectivity index (χ4v) is 4.29. The molecule has 27 heavy (non-hydrogen) atoms. The molecule has 3 rings (SSSR count). The Kier molecular flexibility index (Phi) is 5.31. The van der Waals surface area contributed by atoms with Gasteiger partial charge in [-0.15, -0.1) is 0 Å². The summed E-state index contributed by atoms with van der Waals surface area (Å²) in [5.41, 5.74) is 5.04. The summed E-state index contributed by atoms with van der Waals surface area (Å²) in [5.74, 6) is -0.990. The summed E-state index contributed by atoms with van der Waals surface area (Å²) in [5, 5.41) is 14.9. The molecular weight excluding hydrogens is 390 g/mol. The molecule has 8 nitrogen and oxygen atoms in total. The summed E-state index contributed by atoms with van der Waals surface area (Å²) in [7, 11) is -3.78. The zero-order valence-electron chi connectivity index (χ0n) is 14.7. The standard InChI is InChI=1S/C17H19N3O5S2/c1-17(16(21)19-22,27(2,23)24)8-14-7-15(20-25-14)12-5-3-11(4-6-12)13-9-18-26-10-13/h3-6,9-10,14,22H,7-8H2,1-2H3,(H,19,21)/t14-,17-/m1/s1. The molecule has 144 valence electrons. The maximum absolute atomic E-state index is 12.1. The zero-order valence-corrected chi connectivity index (χ0v) is 16.4. The Morgan fingerprint density at radius 2 is 2.00 bits per heavy atom. The van der Waals surface area contributed by atoms with Crippen LogP contribution in [0.2, 0.25) is 0 Å². The normalized spacial score (nSPS) is 19.1. The quantitative estimate of drug-likeness (QED) is 0.557. The van der Waals surface area contributed by atoms with Crippen molar-refractivity contribution >= 4 is 33.0 Å². The summed E-state index contributed by atoms with van der Waals surface area (Å²) >= 11 is 1.38. The number of sulfone groups is 1. The van der Waals surface area contributed by atoms with Crippen LogP contribution in [-0.2, 0) is 19.5 Å². The first kappa shape index (κ1) is 19.5. The van der Waals surface area contributed by atoms with Crippen molar-refractivity contribution in [3.63, 3.8) is 0 Å². The average Bonchev–Trinajstić information content (AvgIpc) is 3.32. The monoisotopic (exact) mass is 409 g/mol. The predicted octanol–water partition coefficient (Wildman–Crippen LogP) is 2.00. The van der Waals surface area contributed by atoms with Crippen molar-refractivity contribution in [1.82, 2.24) is 9.85 Å². The number of nitrogens with zero attached hydrogens (tertiary/aromatic N) is 2. The largest absolute Gasteiger partial charge is 0.392 e. The van der Waals surface area contributed by atoms with Gasteiger partial charge in [0.2, 0.25) is 0 Å². The minimum atomic E-state index is -3.78. The first-order valence-electron chi connectivity index (χ1n) is 8.11. The Balaban J connectivity index is 1.72. The van der Waals surface area contributed by atoms with E-state index < -0.39 is 26.6 Å². The SMILES string of the molecule is C[C@@](C[C@H]1CC(c2ccc(-c3cnsc3)cc2)=NO1)(C(=O)NO)S(C)(=O)=O. The van der Waals surface area contributed by atoms with Gasteiger partial charge in [0, 0.05) is 36.2 Å². The van der Waals surface area contributed by atoms with Crippen molar-refractivity contribution in [3.8, 4) is 11.1 Å². The van der Waals surface area contributed by atoms with E-state index >= 15 is 0 Å². The number of nitrogens with one attached hydrogen (secondary N) is 1. The number of aromatic nitrogens is 1. The van der Waals surface area contributed by atoms with E-state index in [0.29, 0.717) is 12.1 Å². The highest BCUT2D eigenvalue weighted by Gasteiger charge is 2.47. The summed E-state index contributed by atoms with van der Waals surface area (Å²) in [6.07, 6.45) is 2.41. The molecule has 1 amide bonds. The van der Waals surface area contributed by atoms with Gasteiger partial charge in [0.25, 0.3) is 5.91 Å². The molecule has 0 bridgehead atoms. The van der Waals surface area contributed by atoms with Crippen LogP contribution in [-0.4, -0.2) is 46.7 Å². The van der Waals surface area contributed by atoms with Crippen molar-refractivity contribution in [1.29, 1.82) is 0 Å². The minimum absolute atomic E-state index is 0.121. The number of rotatable bonds is 6. The maximum atomic E-state index is 12.1. The Hall–Kier alpha value is -2.30. The van der Waals surface area contributed by atoms with Gasteiger partial charge in [-0.25, -0.2) is 18.3 Å². The molecule has 0 saturated heterocycles. The van der Waals surface area contributed by atoms with Gasteiger partial charge in [0.05, 0.1) is 5.71 Å². The summed E-state index contributed by atoms with van der Waals surface area (Å²) in [4.78, 5) is 17.3. The third-order valence-electron chi connectivity index (χ3n) is 4.73. The molecular formula is C17H19N3O5S2. The molecule has 0 fully saturated rings. The van der Waals surface area contributed by atoms with Gasteiger partial charge in [0.1, 0.15) is 6.10 Å². The van der Waals surface area contributed by atoms with Gasteiger partial charge in [-0.1, -0.05) is 29.4 Å². The van der Waals surface area contributed by atoms with Gasteiger partial charge in [-0.3, -0.25) is 10.0 Å². The molecule has 2 aromatic rings. The third kappa shape index (κ3) is 3.87. The van der Waals surface area contributed by atoms with E-state index in [-0.39, 0.29) is 6.42 Å². The number of carbonyl (C=O) groups excluding carboxylic acids is 1. The van der Waals surface area contributed by atoms with Crippen LogP contribution in [0.4, 0.5) is 0 Å². The number of carbonyl (C=O) groups is 1. The van der Waals surface area contributed by atoms with Crippen LogP contribution in [0.5, 0.6) is 0 Å². The lowest BCUT2D eigenvalue weighted by Crippen LogP contribution is -2.51. The fraction of sp³-hybridized carbons (Fsp3) is 0.353. The minimum Gasteiger partial charge on any atom is -0.392 e. The highest BCUT2D eigenvalue weighted by atomic mass is 32.2. The Morgan fingerprint density at radius 3 is 2.56 bits per heavy atom. The number of hydrogen-bond donors (Lipinski definition) is 2. The molecule has 2 heterocycles.